The highest BCUT2D eigenvalue weighted by molar-refractivity contribution is 5.86. The molecule has 0 fully saturated rings. The minimum atomic E-state index is -0.190. The highest BCUT2D eigenvalue weighted by Gasteiger charge is 2.19. The van der Waals surface area contributed by atoms with Gasteiger partial charge in [0, 0.05) is 36.9 Å². The van der Waals surface area contributed by atoms with Crippen molar-refractivity contribution in [2.45, 2.75) is 19.4 Å². The third-order valence-corrected chi connectivity index (χ3v) is 6.03. The molecule has 3 aromatic heterocycles. The second kappa shape index (κ2) is 9.60. The van der Waals surface area contributed by atoms with E-state index in [-0.39, 0.29) is 11.6 Å². The number of nitrogens with one attached hydrogen (secondary N) is 3. The maximum Gasteiger partial charge on any atom is 0.261 e. The number of imidazole rings is 2. The van der Waals surface area contributed by atoms with Crippen LogP contribution in [0.5, 0.6) is 0 Å². The first-order valence-electron chi connectivity index (χ1n) is 11.6. The summed E-state index contributed by atoms with van der Waals surface area (Å²) in [5.74, 6) is 0.540. The van der Waals surface area contributed by atoms with Crippen LogP contribution in [0.2, 0.25) is 0 Å². The summed E-state index contributed by atoms with van der Waals surface area (Å²) in [6, 6.07) is 16.5. The molecule has 2 aromatic carbocycles. The van der Waals surface area contributed by atoms with Crippen LogP contribution in [-0.2, 0) is 6.42 Å². The Morgan fingerprint density at radius 1 is 1.14 bits per heavy atom. The number of aromatic amines is 2. The fourth-order valence-corrected chi connectivity index (χ4v) is 4.51. The number of nitrogens with zero attached hydrogens (tertiary/aromatic N) is 4. The molecule has 0 saturated carbocycles. The molecule has 35 heavy (non-hydrogen) atoms. The van der Waals surface area contributed by atoms with Gasteiger partial charge in [-0.15, -0.1) is 0 Å². The molecule has 5 aromatic rings. The van der Waals surface area contributed by atoms with Crippen LogP contribution in [0, 0.1) is 6.92 Å². The zero-order chi connectivity index (χ0) is 24.4. The number of benzene rings is 2. The molecular weight excluding hydrogens is 438 g/mol. The van der Waals surface area contributed by atoms with E-state index < -0.39 is 0 Å². The standard InChI is InChI=1S/C27H29N7O/c1-18-13-21(34-12-11-28-17-34)15-23-25(18)32-26(31-23)24-22(9-10-29-27(24)35)30-20(16-33(2)3)14-19-7-5-4-6-8-19/h4-13,15,17,20H,14,16H2,1-3H3,(H,31,32)(H2,29,30,35)/t20-/m0/s1. The molecule has 8 heteroatoms. The van der Waals surface area contributed by atoms with Gasteiger partial charge in [0.05, 0.1) is 23.0 Å². The summed E-state index contributed by atoms with van der Waals surface area (Å²) in [6.45, 7) is 2.84. The van der Waals surface area contributed by atoms with Crippen molar-refractivity contribution in [2.24, 2.45) is 0 Å². The van der Waals surface area contributed by atoms with Gasteiger partial charge < -0.3 is 24.8 Å². The minimum absolute atomic E-state index is 0.104. The largest absolute Gasteiger partial charge is 0.380 e. The Morgan fingerprint density at radius 2 is 1.97 bits per heavy atom. The number of likely N-dealkylation sites (N-methyl/N-ethyl adjacent to an activating group) is 1. The quantitative estimate of drug-likeness (QED) is 0.321. The Labute approximate surface area is 203 Å². The molecule has 3 heterocycles. The first-order valence-corrected chi connectivity index (χ1v) is 11.6. The predicted octanol–water partition coefficient (Wildman–Crippen LogP) is 4.00. The lowest BCUT2D eigenvalue weighted by molar-refractivity contribution is 0.382. The minimum Gasteiger partial charge on any atom is -0.380 e. The summed E-state index contributed by atoms with van der Waals surface area (Å²) >= 11 is 0. The van der Waals surface area contributed by atoms with E-state index in [9.17, 15) is 4.79 Å². The van der Waals surface area contributed by atoms with E-state index in [1.54, 1.807) is 18.7 Å². The molecule has 178 valence electrons. The molecule has 0 radical (unpaired) electrons. The van der Waals surface area contributed by atoms with Crippen molar-refractivity contribution in [3.8, 4) is 17.1 Å². The van der Waals surface area contributed by atoms with Gasteiger partial charge in [0.1, 0.15) is 11.4 Å². The topological polar surface area (TPSA) is 94.6 Å². The second-order valence-corrected chi connectivity index (χ2v) is 9.10. The van der Waals surface area contributed by atoms with Gasteiger partial charge in [0.15, 0.2) is 0 Å². The summed E-state index contributed by atoms with van der Waals surface area (Å²) in [7, 11) is 4.11. The number of anilines is 1. The van der Waals surface area contributed by atoms with Gasteiger partial charge >= 0.3 is 0 Å². The molecule has 5 rings (SSSR count). The van der Waals surface area contributed by atoms with Gasteiger partial charge in [-0.05, 0) is 56.8 Å². The Morgan fingerprint density at radius 3 is 2.71 bits per heavy atom. The number of aromatic nitrogens is 5. The molecule has 3 N–H and O–H groups in total. The van der Waals surface area contributed by atoms with Crippen molar-refractivity contribution < 1.29 is 0 Å². The SMILES string of the molecule is Cc1cc(-n2ccnc2)cc2[nH]c(-c3c(N[C@@H](Cc4ccccc4)CN(C)C)cc[nH]c3=O)nc12. The first kappa shape index (κ1) is 22.6. The summed E-state index contributed by atoms with van der Waals surface area (Å²) in [5.41, 5.74) is 6.02. The summed E-state index contributed by atoms with van der Waals surface area (Å²) in [5, 5.41) is 3.63. The fraction of sp³-hybridized carbons (Fsp3) is 0.222. The van der Waals surface area contributed by atoms with Crippen molar-refractivity contribution in [3.05, 3.63) is 94.9 Å². The maximum absolute atomic E-state index is 13.0. The predicted molar refractivity (Wildman–Crippen MR) is 140 cm³/mol. The smallest absolute Gasteiger partial charge is 0.261 e. The summed E-state index contributed by atoms with van der Waals surface area (Å²) < 4.78 is 1.95. The average Bonchev–Trinajstić information content (AvgIpc) is 3.50. The van der Waals surface area contributed by atoms with Gasteiger partial charge in [0.2, 0.25) is 0 Å². The average molecular weight is 468 g/mol. The molecule has 0 amide bonds. The number of aryl methyl sites for hydroxylation is 1. The van der Waals surface area contributed by atoms with E-state index in [4.69, 9.17) is 4.98 Å². The highest BCUT2D eigenvalue weighted by atomic mass is 16.1. The number of hydrogen-bond acceptors (Lipinski definition) is 5. The maximum atomic E-state index is 13.0. The Hall–Kier alpha value is -4.17. The van der Waals surface area contributed by atoms with Crippen LogP contribution in [0.25, 0.3) is 28.1 Å². The summed E-state index contributed by atoms with van der Waals surface area (Å²) in [6.07, 6.45) is 7.92. The van der Waals surface area contributed by atoms with E-state index >= 15 is 0 Å². The molecule has 1 atom stereocenters. The number of hydrogen-bond donors (Lipinski definition) is 3. The van der Waals surface area contributed by atoms with Gasteiger partial charge in [-0.3, -0.25) is 4.79 Å². The second-order valence-electron chi connectivity index (χ2n) is 9.10. The zero-order valence-corrected chi connectivity index (χ0v) is 20.1. The van der Waals surface area contributed by atoms with Gasteiger partial charge in [-0.1, -0.05) is 30.3 Å². The molecule has 0 unspecified atom stereocenters. The van der Waals surface area contributed by atoms with Crippen LogP contribution in [0.3, 0.4) is 0 Å². The van der Waals surface area contributed by atoms with Crippen LogP contribution in [0.15, 0.2) is 78.2 Å². The van der Waals surface area contributed by atoms with Crippen molar-refractivity contribution in [1.82, 2.24) is 29.4 Å². The fourth-order valence-electron chi connectivity index (χ4n) is 4.51. The molecular formula is C27H29N7O. The van der Waals surface area contributed by atoms with Crippen LogP contribution < -0.4 is 10.9 Å². The monoisotopic (exact) mass is 467 g/mol. The lowest BCUT2D eigenvalue weighted by Crippen LogP contribution is -2.34. The molecule has 0 saturated heterocycles. The number of fused-ring (bicyclic) bond motifs is 1. The lowest BCUT2D eigenvalue weighted by atomic mass is 10.0. The summed E-state index contributed by atoms with van der Waals surface area (Å²) in [4.78, 5) is 30.4. The van der Waals surface area contributed by atoms with Crippen LogP contribution >= 0.6 is 0 Å². The third-order valence-electron chi connectivity index (χ3n) is 6.03. The third kappa shape index (κ3) is 4.88. The highest BCUT2D eigenvalue weighted by Crippen LogP contribution is 2.28. The number of rotatable bonds is 8. The van der Waals surface area contributed by atoms with Crippen LogP contribution in [0.1, 0.15) is 11.1 Å². The van der Waals surface area contributed by atoms with Gasteiger partial charge in [-0.25, -0.2) is 9.97 Å². The molecule has 0 spiro atoms. The Balaban J connectivity index is 1.53. The van der Waals surface area contributed by atoms with E-state index in [1.165, 1.54) is 5.56 Å². The Kier molecular flexibility index (Phi) is 6.20. The van der Waals surface area contributed by atoms with Gasteiger partial charge in [-0.2, -0.15) is 0 Å². The van der Waals surface area contributed by atoms with E-state index in [0.29, 0.717) is 11.4 Å². The molecule has 0 aliphatic heterocycles. The van der Waals surface area contributed by atoms with E-state index in [1.807, 2.05) is 35.9 Å². The number of pyridine rings is 1. The zero-order valence-electron chi connectivity index (χ0n) is 20.1. The Bertz CT molecular complexity index is 1480. The van der Waals surface area contributed by atoms with Gasteiger partial charge in [0.25, 0.3) is 5.56 Å². The van der Waals surface area contributed by atoms with Crippen LogP contribution in [-0.4, -0.2) is 56.1 Å². The van der Waals surface area contributed by atoms with E-state index in [2.05, 4.69) is 69.6 Å². The molecule has 8 nitrogen and oxygen atoms in total. The molecule has 0 aliphatic rings. The van der Waals surface area contributed by atoms with Crippen molar-refractivity contribution >= 4 is 16.7 Å². The normalized spacial score (nSPS) is 12.3. The lowest BCUT2D eigenvalue weighted by Gasteiger charge is -2.24. The molecule has 0 bridgehead atoms. The van der Waals surface area contributed by atoms with Crippen molar-refractivity contribution in [3.63, 3.8) is 0 Å². The van der Waals surface area contributed by atoms with Crippen molar-refractivity contribution in [2.75, 3.05) is 26.0 Å². The van der Waals surface area contributed by atoms with E-state index in [0.717, 1.165) is 40.9 Å². The van der Waals surface area contributed by atoms with Crippen molar-refractivity contribution in [1.29, 1.82) is 0 Å². The van der Waals surface area contributed by atoms with Crippen LogP contribution in [0.4, 0.5) is 5.69 Å². The first-order chi connectivity index (χ1) is 17.0. The molecule has 0 aliphatic carbocycles. The number of H-pyrrole nitrogens is 2.